The lowest BCUT2D eigenvalue weighted by molar-refractivity contribution is -0.138. The molecule has 2 aliphatic rings. The van der Waals surface area contributed by atoms with Gasteiger partial charge in [-0.3, -0.25) is 9.59 Å². The largest absolute Gasteiger partial charge is 0.497 e. The number of rotatable bonds is 9. The zero-order chi connectivity index (χ0) is 27.2. The number of likely N-dealkylation sites (tertiary alicyclic amines) is 2. The van der Waals surface area contributed by atoms with E-state index in [2.05, 4.69) is 22.3 Å². The number of benzene rings is 3. The van der Waals surface area contributed by atoms with Crippen LogP contribution in [0.4, 0.5) is 0 Å². The summed E-state index contributed by atoms with van der Waals surface area (Å²) in [5, 5.41) is 3.83. The Balaban J connectivity index is 1.16. The van der Waals surface area contributed by atoms with Gasteiger partial charge in [-0.1, -0.05) is 54.1 Å². The predicted molar refractivity (Wildman–Crippen MR) is 154 cm³/mol. The first kappa shape index (κ1) is 27.2. The fourth-order valence-corrected chi connectivity index (χ4v) is 5.95. The highest BCUT2D eigenvalue weighted by Gasteiger charge is 2.47. The van der Waals surface area contributed by atoms with Crippen molar-refractivity contribution in [3.63, 3.8) is 0 Å². The second-order valence-electron chi connectivity index (χ2n) is 10.7. The average Bonchev–Trinajstić information content (AvgIpc) is 3.27. The van der Waals surface area contributed by atoms with Crippen molar-refractivity contribution in [2.45, 2.75) is 38.3 Å². The Morgan fingerprint density at radius 1 is 0.949 bits per heavy atom. The van der Waals surface area contributed by atoms with Gasteiger partial charge in [0, 0.05) is 30.2 Å². The molecule has 7 heteroatoms. The van der Waals surface area contributed by atoms with Crippen molar-refractivity contribution in [1.82, 2.24) is 15.1 Å². The Morgan fingerprint density at radius 3 is 2.28 bits per heavy atom. The van der Waals surface area contributed by atoms with Gasteiger partial charge in [-0.05, 0) is 86.3 Å². The molecule has 0 radical (unpaired) electrons. The van der Waals surface area contributed by atoms with E-state index in [1.54, 1.807) is 31.4 Å². The van der Waals surface area contributed by atoms with E-state index >= 15 is 0 Å². The van der Waals surface area contributed by atoms with E-state index in [4.69, 9.17) is 16.3 Å². The van der Waals surface area contributed by atoms with Crippen molar-refractivity contribution in [1.29, 1.82) is 0 Å². The number of ether oxygens (including phenoxy) is 1. The number of carbonyl (C=O) groups is 2. The summed E-state index contributed by atoms with van der Waals surface area (Å²) in [5.74, 6) is 1.02. The molecule has 3 aromatic rings. The Bertz CT molecular complexity index is 1260. The minimum atomic E-state index is -0.232. The maximum atomic E-state index is 13.5. The molecule has 3 aromatic carbocycles. The molecule has 1 spiro atoms. The molecule has 1 N–H and O–H groups in total. The van der Waals surface area contributed by atoms with Crippen LogP contribution in [0.15, 0.2) is 78.9 Å². The summed E-state index contributed by atoms with van der Waals surface area (Å²) in [6, 6.07) is 25.0. The molecular weight excluding hydrogens is 510 g/mol. The number of halogens is 1. The van der Waals surface area contributed by atoms with E-state index in [0.29, 0.717) is 23.0 Å². The van der Waals surface area contributed by atoms with E-state index < -0.39 is 0 Å². The number of nitrogens with one attached hydrogen (secondary N) is 1. The standard InChI is InChI=1S/C32H36ClN3O3/c1-39-28-13-7-24(8-14-28)23-36-22-18-32(31(36)38)16-20-35(21-17-32)19-15-29(25-5-3-2-4-6-25)34-30(37)26-9-11-27(33)12-10-26/h2-14,29H,15-23H2,1H3,(H,34,37). The van der Waals surface area contributed by atoms with Gasteiger partial charge in [0.2, 0.25) is 5.91 Å². The Kier molecular flexibility index (Phi) is 8.53. The normalized spacial score (nSPS) is 17.8. The molecule has 2 saturated heterocycles. The molecule has 0 saturated carbocycles. The van der Waals surface area contributed by atoms with Crippen molar-refractivity contribution in [2.24, 2.45) is 5.41 Å². The number of nitrogens with zero attached hydrogens (tertiary/aromatic N) is 2. The van der Waals surface area contributed by atoms with Gasteiger partial charge < -0.3 is 19.9 Å². The van der Waals surface area contributed by atoms with E-state index in [0.717, 1.165) is 68.7 Å². The molecule has 0 bridgehead atoms. The maximum Gasteiger partial charge on any atom is 0.251 e. The lowest BCUT2D eigenvalue weighted by atomic mass is 9.77. The lowest BCUT2D eigenvalue weighted by Gasteiger charge is -2.38. The van der Waals surface area contributed by atoms with E-state index in [-0.39, 0.29) is 17.4 Å². The molecule has 0 aliphatic carbocycles. The summed E-state index contributed by atoms with van der Waals surface area (Å²) in [7, 11) is 1.66. The van der Waals surface area contributed by atoms with Crippen LogP contribution in [0.1, 0.15) is 53.2 Å². The minimum absolute atomic E-state index is 0.0987. The second-order valence-corrected chi connectivity index (χ2v) is 11.1. The number of hydrogen-bond donors (Lipinski definition) is 1. The summed E-state index contributed by atoms with van der Waals surface area (Å²) in [6.45, 7) is 4.13. The van der Waals surface area contributed by atoms with Gasteiger partial charge in [-0.2, -0.15) is 0 Å². The lowest BCUT2D eigenvalue weighted by Crippen LogP contribution is -2.45. The van der Waals surface area contributed by atoms with E-state index in [9.17, 15) is 9.59 Å². The molecule has 1 unspecified atom stereocenters. The highest BCUT2D eigenvalue weighted by Crippen LogP contribution is 2.42. The van der Waals surface area contributed by atoms with Gasteiger partial charge in [0.25, 0.3) is 5.91 Å². The number of amides is 2. The third kappa shape index (κ3) is 6.45. The molecule has 0 aromatic heterocycles. The highest BCUT2D eigenvalue weighted by molar-refractivity contribution is 6.30. The van der Waals surface area contributed by atoms with Crippen LogP contribution in [0.25, 0.3) is 0 Å². The first-order chi connectivity index (χ1) is 19.0. The zero-order valence-electron chi connectivity index (χ0n) is 22.4. The SMILES string of the molecule is COc1ccc(CN2CCC3(CCN(CCC(NC(=O)c4ccc(Cl)cc4)c4ccccc4)CC3)C2=O)cc1. The van der Waals surface area contributed by atoms with Gasteiger partial charge >= 0.3 is 0 Å². The smallest absolute Gasteiger partial charge is 0.251 e. The molecule has 5 rings (SSSR count). The number of carbonyl (C=O) groups excluding carboxylic acids is 2. The summed E-state index contributed by atoms with van der Waals surface area (Å²) in [6.07, 6.45) is 3.50. The molecule has 204 valence electrons. The van der Waals surface area contributed by atoms with Crippen LogP contribution >= 0.6 is 11.6 Å². The van der Waals surface area contributed by atoms with Crippen LogP contribution in [0.2, 0.25) is 5.02 Å². The number of methoxy groups -OCH3 is 1. The molecule has 2 amide bonds. The van der Waals surface area contributed by atoms with Crippen LogP contribution in [-0.4, -0.2) is 54.9 Å². The van der Waals surface area contributed by atoms with Crippen LogP contribution in [0.5, 0.6) is 5.75 Å². The zero-order valence-corrected chi connectivity index (χ0v) is 23.2. The van der Waals surface area contributed by atoms with Gasteiger partial charge in [0.05, 0.1) is 18.6 Å². The van der Waals surface area contributed by atoms with Crippen molar-refractivity contribution < 1.29 is 14.3 Å². The van der Waals surface area contributed by atoms with E-state index in [1.807, 2.05) is 47.4 Å². The van der Waals surface area contributed by atoms with Crippen molar-refractivity contribution in [3.05, 3.63) is 101 Å². The fourth-order valence-electron chi connectivity index (χ4n) is 5.83. The number of piperidine rings is 1. The summed E-state index contributed by atoms with van der Waals surface area (Å²) in [4.78, 5) is 30.9. The summed E-state index contributed by atoms with van der Waals surface area (Å²) in [5.41, 5.74) is 2.59. The Morgan fingerprint density at radius 2 is 1.62 bits per heavy atom. The van der Waals surface area contributed by atoms with Crippen LogP contribution in [0.3, 0.4) is 0 Å². The fraction of sp³-hybridized carbons (Fsp3) is 0.375. The van der Waals surface area contributed by atoms with Crippen LogP contribution in [-0.2, 0) is 11.3 Å². The second kappa shape index (κ2) is 12.2. The van der Waals surface area contributed by atoms with Gasteiger partial charge in [0.15, 0.2) is 0 Å². The molecule has 2 heterocycles. The van der Waals surface area contributed by atoms with Gasteiger partial charge in [0.1, 0.15) is 5.75 Å². The third-order valence-electron chi connectivity index (χ3n) is 8.29. The molecule has 6 nitrogen and oxygen atoms in total. The van der Waals surface area contributed by atoms with Crippen molar-refractivity contribution >= 4 is 23.4 Å². The minimum Gasteiger partial charge on any atom is -0.497 e. The molecule has 39 heavy (non-hydrogen) atoms. The average molecular weight is 546 g/mol. The topological polar surface area (TPSA) is 61.9 Å². The van der Waals surface area contributed by atoms with Crippen molar-refractivity contribution in [3.8, 4) is 5.75 Å². The van der Waals surface area contributed by atoms with Gasteiger partial charge in [-0.15, -0.1) is 0 Å². The quantitative estimate of drug-likeness (QED) is 0.373. The summed E-state index contributed by atoms with van der Waals surface area (Å²) < 4.78 is 5.25. The molecule has 2 fully saturated rings. The van der Waals surface area contributed by atoms with Gasteiger partial charge in [-0.25, -0.2) is 0 Å². The van der Waals surface area contributed by atoms with Crippen molar-refractivity contribution in [2.75, 3.05) is 33.3 Å². The highest BCUT2D eigenvalue weighted by atomic mass is 35.5. The first-order valence-corrected chi connectivity index (χ1v) is 14.1. The van der Waals surface area contributed by atoms with E-state index in [1.165, 1.54) is 0 Å². The van der Waals surface area contributed by atoms with Crippen LogP contribution < -0.4 is 10.1 Å². The molecule has 2 aliphatic heterocycles. The monoisotopic (exact) mass is 545 g/mol. The summed E-state index contributed by atoms with van der Waals surface area (Å²) >= 11 is 6.00. The first-order valence-electron chi connectivity index (χ1n) is 13.7. The predicted octanol–water partition coefficient (Wildman–Crippen LogP) is 5.72. The Hall–Kier alpha value is -3.35. The Labute approximate surface area is 235 Å². The number of hydrogen-bond acceptors (Lipinski definition) is 4. The van der Waals surface area contributed by atoms with Crippen LogP contribution in [0, 0.1) is 5.41 Å². The molecular formula is C32H36ClN3O3. The maximum absolute atomic E-state index is 13.5. The third-order valence-corrected chi connectivity index (χ3v) is 8.55. The molecule has 1 atom stereocenters.